The molecule has 1 saturated heterocycles. The summed E-state index contributed by atoms with van der Waals surface area (Å²) < 4.78 is 4.93. The number of fused-ring (bicyclic) bond motifs is 3. The number of rotatable bonds is 41. The first kappa shape index (κ1) is 112. The number of likely N-dealkylation sites (tertiary alicyclic amines) is 1. The molecule has 0 spiro atoms. The first-order chi connectivity index (χ1) is 72.8. The Hall–Kier alpha value is -14.0. The van der Waals surface area contributed by atoms with Crippen molar-refractivity contribution in [2.45, 2.75) is 273 Å². The first-order valence-electron chi connectivity index (χ1n) is 54.6. The molecule has 5 aliphatic rings. The van der Waals surface area contributed by atoms with Crippen LogP contribution in [0.4, 0.5) is 17.1 Å². The lowest BCUT2D eigenvalue weighted by molar-refractivity contribution is -0.132. The highest BCUT2D eigenvalue weighted by atomic mass is 16.3. The highest BCUT2D eigenvalue weighted by molar-refractivity contribution is 6.05. The van der Waals surface area contributed by atoms with Crippen molar-refractivity contribution >= 4 is 76.1 Å². The molecular formula is C121H152N16O13. The maximum absolute atomic E-state index is 14.8. The number of aliphatic hydroxyl groups excluding tert-OH is 3. The number of nitrogens with one attached hydrogen (secondary N) is 3. The van der Waals surface area contributed by atoms with Crippen LogP contribution in [0.5, 0.6) is 0 Å². The predicted octanol–water partition coefficient (Wildman–Crippen LogP) is 19.7. The van der Waals surface area contributed by atoms with Crippen LogP contribution in [0.25, 0.3) is 17.1 Å². The van der Waals surface area contributed by atoms with Crippen LogP contribution >= 0.6 is 0 Å². The second-order valence-corrected chi connectivity index (χ2v) is 40.8. The maximum atomic E-state index is 14.8. The Kier molecular flexibility index (Phi) is 40.5. The van der Waals surface area contributed by atoms with Gasteiger partial charge in [0.25, 0.3) is 35.4 Å². The zero-order chi connectivity index (χ0) is 106. The lowest BCUT2D eigenvalue weighted by Gasteiger charge is -2.36. The van der Waals surface area contributed by atoms with Crippen molar-refractivity contribution in [2.24, 2.45) is 5.92 Å². The second-order valence-electron chi connectivity index (χ2n) is 40.8. The van der Waals surface area contributed by atoms with Gasteiger partial charge >= 0.3 is 0 Å². The van der Waals surface area contributed by atoms with Crippen LogP contribution in [0, 0.1) is 26.7 Å². The Balaban J connectivity index is 0.000000178. The molecule has 6 N–H and O–H groups in total. The molecule has 29 nitrogen and oxygen atoms in total. The lowest BCUT2D eigenvalue weighted by Crippen LogP contribution is -2.46. The number of hydrogen-bond donors (Lipinski definition) is 6. The van der Waals surface area contributed by atoms with Gasteiger partial charge in [-0.25, -0.2) is 14.0 Å². The van der Waals surface area contributed by atoms with E-state index >= 15 is 0 Å². The number of aliphatic hydroxyl groups is 3. The van der Waals surface area contributed by atoms with Crippen LogP contribution in [0.3, 0.4) is 0 Å². The number of carbonyl (C=O) groups is 10. The van der Waals surface area contributed by atoms with Crippen LogP contribution in [0.2, 0.25) is 0 Å². The summed E-state index contributed by atoms with van der Waals surface area (Å²) in [6.45, 7) is 25.9. The molecule has 2 unspecified atom stereocenters. The van der Waals surface area contributed by atoms with E-state index in [2.05, 4.69) is 57.5 Å². The summed E-state index contributed by atoms with van der Waals surface area (Å²) in [5, 5.41) is 54.6. The summed E-state index contributed by atoms with van der Waals surface area (Å²) >= 11 is 0. The van der Waals surface area contributed by atoms with Gasteiger partial charge in [-0.1, -0.05) is 233 Å². The third kappa shape index (κ3) is 28.0. The van der Waals surface area contributed by atoms with Gasteiger partial charge in [-0.05, 0) is 234 Å². The number of anilines is 3. The molecule has 29 heteroatoms. The Morgan fingerprint density at radius 3 is 1.01 bits per heavy atom. The van der Waals surface area contributed by atoms with Crippen molar-refractivity contribution in [3.8, 4) is 17.1 Å². The Morgan fingerprint density at radius 2 is 0.680 bits per heavy atom. The monoisotopic (exact) mass is 2040 g/mol. The fourth-order valence-electron chi connectivity index (χ4n) is 20.9. The number of unbranched alkanes of at least 4 members (excludes halogenated alkanes) is 6. The lowest BCUT2D eigenvalue weighted by atomic mass is 9.87. The van der Waals surface area contributed by atoms with Crippen LogP contribution in [-0.2, 0) is 58.1 Å². The smallest absolute Gasteiger partial charge is 0.274 e. The summed E-state index contributed by atoms with van der Waals surface area (Å²) in [6, 6.07) is 62.4. The van der Waals surface area contributed by atoms with E-state index in [0.717, 1.165) is 153 Å². The quantitative estimate of drug-likeness (QED) is 0.0207. The maximum Gasteiger partial charge on any atom is 0.274 e. The molecule has 7 heterocycles. The van der Waals surface area contributed by atoms with E-state index in [-0.39, 0.29) is 90.9 Å². The minimum absolute atomic E-state index is 0.0297. The standard InChI is InChI=1S/C44H54N6O5.C39H47N5O4.C38H51N5O4/c1-4-6-21-48(22-7-5-2)44(55)39-25-31(3)50(46-39)40-20-19-35(27-38(40)43(54)49-29-34-18-12-11-17-33(34)26-36(49)30-51)45-42(53)37(32-15-9-8-10-16-32)28-41(52)47-23-13-14-24-47;1-5-7-20-42(21-8-6-2)39(48)35-22-27(3)44(41-35)36-19-18-32(40-37(46)28(4)29-14-10-9-11-15-29)24-34(36)38(47)43-25-31-17-13-12-16-30(31)23-33(43)26-45;1-4-6-19-41(20-7-5-2)38(47)34-21-27(3)43(40-34)35-18-17-31(39-36(45)22-28-13-9-8-10-14-28)24-33(35)37(46)42-25-30-16-12-11-15-29(30)23-32(42)26-44/h8-12,15-20,25,27,36-37,51H,4-7,13-14,21-24,26,28-30H2,1-3H3,(H,45,53);9-19,22,24,28,33,45H,5-8,20-21,23,25-26H2,1-4H3,(H,40,46);11-12,15-18,21,24,28,32,44H,4-10,13-14,19-20,22-23,25-26H2,1-3H3,(H,39,45)/t36-,37?;28?,33-;32-/m000/s1. The zero-order valence-corrected chi connectivity index (χ0v) is 89.2. The minimum atomic E-state index is -0.740. The van der Waals surface area contributed by atoms with Gasteiger partial charge in [0.1, 0.15) is 0 Å². The molecule has 150 heavy (non-hydrogen) atoms. The summed E-state index contributed by atoms with van der Waals surface area (Å²) in [5.41, 5.74) is 14.9. The molecule has 794 valence electrons. The van der Waals surface area contributed by atoms with Gasteiger partial charge in [0.05, 0.1) is 83.5 Å². The van der Waals surface area contributed by atoms with Gasteiger partial charge in [-0.15, -0.1) is 0 Å². The number of aromatic nitrogens is 6. The van der Waals surface area contributed by atoms with Crippen LogP contribution in [0.15, 0.2) is 206 Å². The number of nitrogens with zero attached hydrogens (tertiary/aromatic N) is 13. The summed E-state index contributed by atoms with van der Waals surface area (Å²) in [5.74, 6) is -2.69. The molecule has 3 aromatic heterocycles. The van der Waals surface area contributed by atoms with E-state index in [1.54, 1.807) is 102 Å². The van der Waals surface area contributed by atoms with Crippen molar-refractivity contribution in [3.05, 3.63) is 302 Å². The highest BCUT2D eigenvalue weighted by Crippen LogP contribution is 2.37. The van der Waals surface area contributed by atoms with E-state index in [0.29, 0.717) is 177 Å². The van der Waals surface area contributed by atoms with Crippen LogP contribution < -0.4 is 16.0 Å². The van der Waals surface area contributed by atoms with Gasteiger partial charge in [0.15, 0.2) is 17.1 Å². The van der Waals surface area contributed by atoms with Crippen LogP contribution in [-0.4, -0.2) is 228 Å². The van der Waals surface area contributed by atoms with Crippen molar-refractivity contribution in [3.63, 3.8) is 0 Å². The number of aryl methyl sites for hydroxylation is 3. The molecule has 8 aromatic carbocycles. The third-order valence-electron chi connectivity index (χ3n) is 29.8. The Labute approximate surface area is 883 Å². The van der Waals surface area contributed by atoms with Gasteiger partial charge in [0.2, 0.25) is 23.6 Å². The molecule has 0 bridgehead atoms. The summed E-state index contributed by atoms with van der Waals surface area (Å²) in [7, 11) is 0. The van der Waals surface area contributed by atoms with Gasteiger partial charge in [-0.3, -0.25) is 47.9 Å². The second kappa shape index (κ2) is 54.4. The molecule has 1 saturated carbocycles. The SMILES string of the molecule is CCCCN(CCCC)C(=O)c1cc(C)n(-c2ccc(NC(=O)C(C)c3ccccc3)cc2C(=O)N2Cc3ccccc3C[C@H]2CO)n1.CCCCN(CCCC)C(=O)c1cc(C)n(-c2ccc(NC(=O)C(CC(=O)N3CCCC3)c3ccccc3)cc2C(=O)N2Cc3ccccc3C[C@H]2CO)n1.CCCCN(CCCC)C(=O)c1cc(C)n(-c2ccc(NC(=O)CC3CCCCC3)cc2C(=O)N2Cc3ccccc3C[C@H]2CO)n1. The Morgan fingerprint density at radius 1 is 0.367 bits per heavy atom. The van der Waals surface area contributed by atoms with Crippen LogP contribution in [0.1, 0.15) is 319 Å². The summed E-state index contributed by atoms with van der Waals surface area (Å²) in [4.78, 5) is 151. The van der Waals surface area contributed by atoms with Gasteiger partial charge in [-0.2, -0.15) is 15.3 Å². The van der Waals surface area contributed by atoms with E-state index < -0.39 is 30.0 Å². The molecule has 11 aromatic rings. The number of benzene rings is 8. The van der Waals surface area contributed by atoms with E-state index in [9.17, 15) is 63.3 Å². The van der Waals surface area contributed by atoms with Crippen molar-refractivity contribution in [2.75, 3.05) is 88.1 Å². The molecular weight excluding hydrogens is 1890 g/mol. The topological polar surface area (TPSA) is 344 Å². The number of carbonyl (C=O) groups excluding carboxylic acids is 10. The summed E-state index contributed by atoms with van der Waals surface area (Å²) in [6.07, 6.45) is 21.0. The fraction of sp³-hybridized carbons (Fsp3) is 0.446. The third-order valence-corrected chi connectivity index (χ3v) is 29.8. The predicted molar refractivity (Wildman–Crippen MR) is 586 cm³/mol. The molecule has 2 fully saturated rings. The number of amides is 10. The van der Waals surface area contributed by atoms with Crippen molar-refractivity contribution in [1.29, 1.82) is 0 Å². The van der Waals surface area contributed by atoms with E-state index in [1.807, 2.05) is 181 Å². The van der Waals surface area contributed by atoms with E-state index in [1.165, 1.54) is 19.3 Å². The molecule has 5 atom stereocenters. The molecule has 1 aliphatic carbocycles. The highest BCUT2D eigenvalue weighted by Gasteiger charge is 2.39. The van der Waals surface area contributed by atoms with Crippen molar-refractivity contribution < 1.29 is 63.3 Å². The first-order valence-corrected chi connectivity index (χ1v) is 54.6. The molecule has 4 aliphatic heterocycles. The largest absolute Gasteiger partial charge is 0.394 e. The normalized spacial score (nSPS) is 15.6. The zero-order valence-electron chi connectivity index (χ0n) is 89.2. The fourth-order valence-corrected chi connectivity index (χ4v) is 20.9. The van der Waals surface area contributed by atoms with Gasteiger partial charge < -0.3 is 65.6 Å². The molecule has 0 radical (unpaired) electrons. The molecule has 16 rings (SSSR count). The molecule has 10 amide bonds. The average molecular weight is 2040 g/mol. The van der Waals surface area contributed by atoms with Crippen molar-refractivity contribution in [1.82, 2.24) is 63.6 Å². The minimum Gasteiger partial charge on any atom is -0.394 e. The van der Waals surface area contributed by atoms with E-state index in [4.69, 9.17) is 15.3 Å². The number of hydrogen-bond acceptors (Lipinski definition) is 16. The Bertz CT molecular complexity index is 6430. The van der Waals surface area contributed by atoms with Gasteiger partial charge in [0, 0.05) is 119 Å². The average Bonchev–Trinajstić information content (AvgIpc) is 1.67.